The normalized spacial score (nSPS) is 13.5. The maximum Gasteiger partial charge on any atom is 0.256 e. The lowest BCUT2D eigenvalue weighted by molar-refractivity contribution is 0.0786. The van der Waals surface area contributed by atoms with Crippen LogP contribution in [0.3, 0.4) is 0 Å². The molecule has 1 N–H and O–H groups in total. The van der Waals surface area contributed by atoms with Gasteiger partial charge in [0.2, 0.25) is 0 Å². The number of aryl methyl sites for hydroxylation is 1. The molecule has 0 aliphatic carbocycles. The molecule has 7 nitrogen and oxygen atoms in total. The number of rotatable bonds is 6. The lowest BCUT2D eigenvalue weighted by Crippen LogP contribution is -2.36. The van der Waals surface area contributed by atoms with Crippen LogP contribution < -0.4 is 10.2 Å². The molecule has 1 aliphatic rings. The van der Waals surface area contributed by atoms with Gasteiger partial charge in [-0.15, -0.1) is 0 Å². The molecule has 2 aromatic carbocycles. The van der Waals surface area contributed by atoms with Gasteiger partial charge in [0.05, 0.1) is 24.5 Å². The van der Waals surface area contributed by atoms with Crippen LogP contribution in [0.15, 0.2) is 67.0 Å². The van der Waals surface area contributed by atoms with Crippen LogP contribution in [0.2, 0.25) is 0 Å². The number of morpholine rings is 1. The molecule has 0 radical (unpaired) electrons. The summed E-state index contributed by atoms with van der Waals surface area (Å²) < 4.78 is 5.42. The van der Waals surface area contributed by atoms with Crippen molar-refractivity contribution < 1.29 is 14.3 Å². The number of amides is 2. The number of nitrogens with one attached hydrogen (secondary N) is 1. The second kappa shape index (κ2) is 10.3. The summed E-state index contributed by atoms with van der Waals surface area (Å²) >= 11 is 0. The average Bonchev–Trinajstić information content (AvgIpc) is 2.86. The first-order chi connectivity index (χ1) is 16.0. The van der Waals surface area contributed by atoms with Crippen LogP contribution in [-0.4, -0.2) is 55.0 Å². The Morgan fingerprint density at radius 1 is 1.03 bits per heavy atom. The fourth-order valence-electron chi connectivity index (χ4n) is 3.89. The molecular weight excluding hydrogens is 416 g/mol. The molecule has 1 aromatic heterocycles. The summed E-state index contributed by atoms with van der Waals surface area (Å²) in [6.45, 7) is 5.61. The highest BCUT2D eigenvalue weighted by atomic mass is 16.5. The number of ether oxygens (including phenoxy) is 1. The van der Waals surface area contributed by atoms with E-state index in [2.05, 4.69) is 39.5 Å². The molecule has 1 aliphatic heterocycles. The SMILES string of the molecule is Cc1cccc(C(=O)N(C)Cc2ccc(N3CCOCC3)cc2)c1NC(=O)c1ccncc1. The Balaban J connectivity index is 1.47. The zero-order valence-corrected chi connectivity index (χ0v) is 19.0. The van der Waals surface area contributed by atoms with Crippen molar-refractivity contribution in [2.24, 2.45) is 0 Å². The Morgan fingerprint density at radius 3 is 2.42 bits per heavy atom. The summed E-state index contributed by atoms with van der Waals surface area (Å²) in [5.74, 6) is -0.428. The predicted octanol–water partition coefficient (Wildman–Crippen LogP) is 3.75. The van der Waals surface area contributed by atoms with Crippen LogP contribution >= 0.6 is 0 Å². The van der Waals surface area contributed by atoms with Crippen molar-refractivity contribution in [3.63, 3.8) is 0 Å². The van der Waals surface area contributed by atoms with Crippen molar-refractivity contribution >= 4 is 23.2 Å². The summed E-state index contributed by atoms with van der Waals surface area (Å²) in [5, 5.41) is 2.91. The molecule has 0 spiro atoms. The minimum absolute atomic E-state index is 0.152. The highest BCUT2D eigenvalue weighted by molar-refractivity contribution is 6.09. The molecule has 0 saturated carbocycles. The van der Waals surface area contributed by atoms with Crippen molar-refractivity contribution in [2.75, 3.05) is 43.6 Å². The van der Waals surface area contributed by atoms with Gasteiger partial charge >= 0.3 is 0 Å². The first kappa shape index (κ1) is 22.5. The van der Waals surface area contributed by atoms with E-state index in [1.54, 1.807) is 42.5 Å². The van der Waals surface area contributed by atoms with E-state index in [1.807, 2.05) is 19.1 Å². The van der Waals surface area contributed by atoms with Gasteiger partial charge < -0.3 is 19.9 Å². The third-order valence-electron chi connectivity index (χ3n) is 5.76. The first-order valence-corrected chi connectivity index (χ1v) is 11.0. The summed E-state index contributed by atoms with van der Waals surface area (Å²) in [6, 6.07) is 17.0. The lowest BCUT2D eigenvalue weighted by Gasteiger charge is -2.29. The summed E-state index contributed by atoms with van der Waals surface area (Å²) in [4.78, 5) is 33.9. The molecule has 170 valence electrons. The number of aromatic nitrogens is 1. The molecule has 0 atom stereocenters. The van der Waals surface area contributed by atoms with E-state index in [0.29, 0.717) is 23.4 Å². The minimum atomic E-state index is -0.276. The number of carbonyl (C=O) groups excluding carboxylic acids is 2. The Morgan fingerprint density at radius 2 is 1.73 bits per heavy atom. The van der Waals surface area contributed by atoms with Gasteiger partial charge in [0.25, 0.3) is 11.8 Å². The van der Waals surface area contributed by atoms with E-state index in [9.17, 15) is 9.59 Å². The fraction of sp³-hybridized carbons (Fsp3) is 0.269. The molecule has 1 fully saturated rings. The van der Waals surface area contributed by atoms with Crippen molar-refractivity contribution in [2.45, 2.75) is 13.5 Å². The topological polar surface area (TPSA) is 74.8 Å². The standard InChI is InChI=1S/C26H28N4O3/c1-19-4-3-5-23(24(19)28-25(31)21-10-12-27-13-11-21)26(32)29(2)18-20-6-8-22(9-7-20)30-14-16-33-17-15-30/h3-13H,14-18H2,1-2H3,(H,28,31). The molecular formula is C26H28N4O3. The second-order valence-corrected chi connectivity index (χ2v) is 8.11. The van der Waals surface area contributed by atoms with Crippen LogP contribution in [0.1, 0.15) is 31.8 Å². The van der Waals surface area contributed by atoms with E-state index >= 15 is 0 Å². The van der Waals surface area contributed by atoms with E-state index in [1.165, 1.54) is 0 Å². The molecule has 1 saturated heterocycles. The monoisotopic (exact) mass is 444 g/mol. The van der Waals surface area contributed by atoms with Gasteiger partial charge in [-0.25, -0.2) is 0 Å². The lowest BCUT2D eigenvalue weighted by atomic mass is 10.1. The van der Waals surface area contributed by atoms with Gasteiger partial charge in [-0.3, -0.25) is 14.6 Å². The van der Waals surface area contributed by atoms with Crippen LogP contribution in [0.5, 0.6) is 0 Å². The first-order valence-electron chi connectivity index (χ1n) is 11.0. The Kier molecular flexibility index (Phi) is 7.00. The number of pyridine rings is 1. The van der Waals surface area contributed by atoms with Crippen molar-refractivity contribution in [1.29, 1.82) is 0 Å². The van der Waals surface area contributed by atoms with E-state index in [0.717, 1.165) is 43.1 Å². The molecule has 0 bridgehead atoms. The van der Waals surface area contributed by atoms with Gasteiger partial charge in [0.1, 0.15) is 0 Å². The highest BCUT2D eigenvalue weighted by Gasteiger charge is 2.20. The van der Waals surface area contributed by atoms with Crippen molar-refractivity contribution in [3.05, 3.63) is 89.2 Å². The molecule has 3 aromatic rings. The maximum absolute atomic E-state index is 13.3. The van der Waals surface area contributed by atoms with Crippen LogP contribution in [-0.2, 0) is 11.3 Å². The number of carbonyl (C=O) groups is 2. The third-order valence-corrected chi connectivity index (χ3v) is 5.76. The molecule has 7 heteroatoms. The Labute approximate surface area is 194 Å². The average molecular weight is 445 g/mol. The zero-order chi connectivity index (χ0) is 23.2. The summed E-state index contributed by atoms with van der Waals surface area (Å²) in [6.07, 6.45) is 3.13. The van der Waals surface area contributed by atoms with Crippen molar-refractivity contribution in [1.82, 2.24) is 9.88 Å². The maximum atomic E-state index is 13.3. The molecule has 2 amide bonds. The van der Waals surface area contributed by atoms with Gasteiger partial charge in [-0.1, -0.05) is 24.3 Å². The van der Waals surface area contributed by atoms with E-state index in [4.69, 9.17) is 4.74 Å². The van der Waals surface area contributed by atoms with Crippen molar-refractivity contribution in [3.8, 4) is 0 Å². The number of para-hydroxylation sites is 1. The number of anilines is 2. The Bertz CT molecular complexity index is 1110. The predicted molar refractivity (Wildman–Crippen MR) is 129 cm³/mol. The van der Waals surface area contributed by atoms with Gasteiger partial charge in [-0.05, 0) is 48.4 Å². The number of hydrogen-bond donors (Lipinski definition) is 1. The Hall–Kier alpha value is -3.71. The zero-order valence-electron chi connectivity index (χ0n) is 19.0. The number of nitrogens with zero attached hydrogens (tertiary/aromatic N) is 3. The summed E-state index contributed by atoms with van der Waals surface area (Å²) in [5.41, 5.74) is 4.50. The largest absolute Gasteiger partial charge is 0.378 e. The summed E-state index contributed by atoms with van der Waals surface area (Å²) in [7, 11) is 1.77. The van der Waals surface area contributed by atoms with Gasteiger partial charge in [-0.2, -0.15) is 0 Å². The number of benzene rings is 2. The molecule has 2 heterocycles. The fourth-order valence-corrected chi connectivity index (χ4v) is 3.89. The third kappa shape index (κ3) is 5.38. The van der Waals surface area contributed by atoms with Crippen LogP contribution in [0.4, 0.5) is 11.4 Å². The minimum Gasteiger partial charge on any atom is -0.378 e. The van der Waals surface area contributed by atoms with Gasteiger partial charge in [0, 0.05) is 50.3 Å². The highest BCUT2D eigenvalue weighted by Crippen LogP contribution is 2.24. The van der Waals surface area contributed by atoms with Gasteiger partial charge in [0.15, 0.2) is 0 Å². The quantitative estimate of drug-likeness (QED) is 0.627. The van der Waals surface area contributed by atoms with Crippen LogP contribution in [0, 0.1) is 6.92 Å². The molecule has 4 rings (SSSR count). The smallest absolute Gasteiger partial charge is 0.256 e. The van der Waals surface area contributed by atoms with E-state index in [-0.39, 0.29) is 11.8 Å². The second-order valence-electron chi connectivity index (χ2n) is 8.11. The van der Waals surface area contributed by atoms with Crippen LogP contribution in [0.25, 0.3) is 0 Å². The molecule has 0 unspecified atom stereocenters. The number of hydrogen-bond acceptors (Lipinski definition) is 5. The van der Waals surface area contributed by atoms with E-state index < -0.39 is 0 Å². The molecule has 33 heavy (non-hydrogen) atoms.